The molecule has 2 fully saturated rings. The lowest BCUT2D eigenvalue weighted by Crippen LogP contribution is -2.25. The van der Waals surface area contributed by atoms with Gasteiger partial charge in [-0.1, -0.05) is 103 Å². The van der Waals surface area contributed by atoms with E-state index in [0.717, 1.165) is 24.3 Å². The topological polar surface area (TPSA) is 26.0 Å². The first-order valence-electron chi connectivity index (χ1n) is 11.1. The molecule has 0 aromatic rings. The quantitative estimate of drug-likeness (QED) is 0.510. The molecule has 0 aromatic carbocycles. The number of hydrogen-bond donors (Lipinski definition) is 1. The second kappa shape index (κ2) is 12.3. The van der Waals surface area contributed by atoms with Crippen LogP contribution in [0, 0.1) is 17.8 Å². The summed E-state index contributed by atoms with van der Waals surface area (Å²) in [4.78, 5) is 0. The van der Waals surface area contributed by atoms with Crippen LogP contribution in [0.3, 0.4) is 0 Å². The Morgan fingerprint density at radius 2 is 1.00 bits per heavy atom. The van der Waals surface area contributed by atoms with Gasteiger partial charge in [0.2, 0.25) is 0 Å². The highest BCUT2D eigenvalue weighted by atomic mass is 14.5. The van der Waals surface area contributed by atoms with Gasteiger partial charge in [-0.2, -0.15) is 0 Å². The van der Waals surface area contributed by atoms with Crippen molar-refractivity contribution in [2.45, 2.75) is 116 Å². The Morgan fingerprint density at radius 3 is 1.43 bits per heavy atom. The summed E-state index contributed by atoms with van der Waals surface area (Å²) >= 11 is 0. The van der Waals surface area contributed by atoms with Crippen LogP contribution in [0.15, 0.2) is 0 Å². The molecule has 0 saturated heterocycles. The summed E-state index contributed by atoms with van der Waals surface area (Å²) in [6.45, 7) is 0.886. The summed E-state index contributed by atoms with van der Waals surface area (Å²) in [6.07, 6.45) is 26.8. The van der Waals surface area contributed by atoms with Gasteiger partial charge in [-0.05, 0) is 37.1 Å². The second-order valence-corrected chi connectivity index (χ2v) is 8.51. The highest BCUT2D eigenvalue weighted by molar-refractivity contribution is 4.80. The standard InChI is InChI=1S/C22H43N/c23-19-13-7-12-18-22(20-14-8-3-1-4-9-15-20)21-16-10-5-2-6-11-17-21/h20-22H,1-19,23H2. The van der Waals surface area contributed by atoms with Crippen LogP contribution in [-0.4, -0.2) is 6.54 Å². The zero-order valence-corrected chi connectivity index (χ0v) is 15.7. The summed E-state index contributed by atoms with van der Waals surface area (Å²) in [5.41, 5.74) is 5.71. The van der Waals surface area contributed by atoms with Crippen LogP contribution in [0.1, 0.15) is 116 Å². The molecule has 136 valence electrons. The Morgan fingerprint density at radius 1 is 0.565 bits per heavy atom. The first-order valence-corrected chi connectivity index (χ1v) is 11.1. The molecule has 0 radical (unpaired) electrons. The highest BCUT2D eigenvalue weighted by Gasteiger charge is 2.29. The lowest BCUT2D eigenvalue weighted by Gasteiger charge is -2.36. The molecule has 1 heteroatoms. The molecule has 0 atom stereocenters. The predicted molar refractivity (Wildman–Crippen MR) is 103 cm³/mol. The molecule has 0 unspecified atom stereocenters. The Balaban J connectivity index is 1.92. The van der Waals surface area contributed by atoms with Crippen molar-refractivity contribution in [2.24, 2.45) is 23.5 Å². The molecule has 23 heavy (non-hydrogen) atoms. The molecule has 1 nitrogen and oxygen atoms in total. The molecule has 2 N–H and O–H groups in total. The fourth-order valence-electron chi connectivity index (χ4n) is 5.39. The van der Waals surface area contributed by atoms with E-state index in [-0.39, 0.29) is 0 Å². The average Bonchev–Trinajstić information content (AvgIpc) is 2.49. The minimum Gasteiger partial charge on any atom is -0.330 e. The van der Waals surface area contributed by atoms with E-state index in [9.17, 15) is 0 Å². The van der Waals surface area contributed by atoms with Gasteiger partial charge in [0.05, 0.1) is 0 Å². The summed E-state index contributed by atoms with van der Waals surface area (Å²) in [5.74, 6) is 3.15. The van der Waals surface area contributed by atoms with Crippen LogP contribution < -0.4 is 5.73 Å². The van der Waals surface area contributed by atoms with E-state index in [0.29, 0.717) is 0 Å². The van der Waals surface area contributed by atoms with Gasteiger partial charge in [0.15, 0.2) is 0 Å². The molecule has 2 saturated carbocycles. The molecule has 0 spiro atoms. The fraction of sp³-hybridized carbons (Fsp3) is 1.00. The van der Waals surface area contributed by atoms with Crippen LogP contribution in [0.2, 0.25) is 0 Å². The normalized spacial score (nSPS) is 23.2. The van der Waals surface area contributed by atoms with Crippen LogP contribution in [0.4, 0.5) is 0 Å². The van der Waals surface area contributed by atoms with Crippen molar-refractivity contribution in [3.8, 4) is 0 Å². The number of rotatable bonds is 7. The van der Waals surface area contributed by atoms with Crippen LogP contribution in [0.5, 0.6) is 0 Å². The maximum absolute atomic E-state index is 5.71. The first kappa shape index (κ1) is 19.3. The Hall–Kier alpha value is -0.0400. The summed E-state index contributed by atoms with van der Waals surface area (Å²) in [7, 11) is 0. The molecule has 0 heterocycles. The van der Waals surface area contributed by atoms with E-state index in [1.165, 1.54) is 116 Å². The largest absolute Gasteiger partial charge is 0.330 e. The molecular formula is C22H43N. The van der Waals surface area contributed by atoms with Gasteiger partial charge in [-0.3, -0.25) is 0 Å². The molecule has 2 aliphatic carbocycles. The number of hydrogen-bond acceptors (Lipinski definition) is 1. The lowest BCUT2D eigenvalue weighted by atomic mass is 9.69. The maximum atomic E-state index is 5.71. The first-order chi connectivity index (χ1) is 11.4. The van der Waals surface area contributed by atoms with Crippen molar-refractivity contribution in [3.05, 3.63) is 0 Å². The van der Waals surface area contributed by atoms with E-state index in [1.807, 2.05) is 0 Å². The van der Waals surface area contributed by atoms with Crippen molar-refractivity contribution in [1.29, 1.82) is 0 Å². The average molecular weight is 322 g/mol. The Bertz CT molecular complexity index is 237. The summed E-state index contributed by atoms with van der Waals surface area (Å²) < 4.78 is 0. The van der Waals surface area contributed by atoms with Crippen molar-refractivity contribution < 1.29 is 0 Å². The van der Waals surface area contributed by atoms with Gasteiger partial charge in [-0.15, -0.1) is 0 Å². The highest BCUT2D eigenvalue weighted by Crippen LogP contribution is 2.40. The lowest BCUT2D eigenvalue weighted by molar-refractivity contribution is 0.148. The third-order valence-electron chi connectivity index (χ3n) is 6.75. The molecule has 2 aliphatic rings. The van der Waals surface area contributed by atoms with Gasteiger partial charge in [0, 0.05) is 0 Å². The molecule has 0 amide bonds. The maximum Gasteiger partial charge on any atom is -0.00773 e. The van der Waals surface area contributed by atoms with Crippen molar-refractivity contribution in [1.82, 2.24) is 0 Å². The summed E-state index contributed by atoms with van der Waals surface area (Å²) in [5, 5.41) is 0. The van der Waals surface area contributed by atoms with E-state index >= 15 is 0 Å². The molecule has 0 aromatic heterocycles. The molecular weight excluding hydrogens is 278 g/mol. The molecule has 0 bridgehead atoms. The second-order valence-electron chi connectivity index (χ2n) is 8.51. The van der Waals surface area contributed by atoms with Crippen molar-refractivity contribution in [3.63, 3.8) is 0 Å². The number of nitrogens with two attached hydrogens (primary N) is 1. The third-order valence-corrected chi connectivity index (χ3v) is 6.75. The fourth-order valence-corrected chi connectivity index (χ4v) is 5.39. The Kier molecular flexibility index (Phi) is 10.3. The SMILES string of the molecule is NCCCCCC(C1CCCCCCC1)C1CCCCCCC1. The van der Waals surface area contributed by atoms with E-state index in [4.69, 9.17) is 5.73 Å². The van der Waals surface area contributed by atoms with Gasteiger partial charge < -0.3 is 5.73 Å². The van der Waals surface area contributed by atoms with E-state index in [2.05, 4.69) is 0 Å². The predicted octanol–water partition coefficient (Wildman–Crippen LogP) is 6.84. The summed E-state index contributed by atoms with van der Waals surface area (Å²) in [6, 6.07) is 0. The van der Waals surface area contributed by atoms with E-state index < -0.39 is 0 Å². The van der Waals surface area contributed by atoms with Gasteiger partial charge in [0.25, 0.3) is 0 Å². The van der Waals surface area contributed by atoms with Crippen molar-refractivity contribution in [2.75, 3.05) is 6.54 Å². The monoisotopic (exact) mass is 321 g/mol. The Labute approximate surface area is 146 Å². The van der Waals surface area contributed by atoms with Gasteiger partial charge >= 0.3 is 0 Å². The van der Waals surface area contributed by atoms with Gasteiger partial charge in [-0.25, -0.2) is 0 Å². The third kappa shape index (κ3) is 7.59. The van der Waals surface area contributed by atoms with Crippen LogP contribution in [0.25, 0.3) is 0 Å². The minimum atomic E-state index is 0.886. The van der Waals surface area contributed by atoms with Gasteiger partial charge in [0.1, 0.15) is 0 Å². The minimum absolute atomic E-state index is 0.886. The zero-order valence-electron chi connectivity index (χ0n) is 15.7. The number of unbranched alkanes of at least 4 members (excludes halogenated alkanes) is 2. The van der Waals surface area contributed by atoms with Crippen molar-refractivity contribution >= 4 is 0 Å². The zero-order chi connectivity index (χ0) is 16.2. The molecule has 2 rings (SSSR count). The smallest absolute Gasteiger partial charge is 0.00773 e. The van der Waals surface area contributed by atoms with E-state index in [1.54, 1.807) is 0 Å². The van der Waals surface area contributed by atoms with Crippen LogP contribution in [-0.2, 0) is 0 Å². The van der Waals surface area contributed by atoms with Crippen LogP contribution >= 0.6 is 0 Å². The molecule has 0 aliphatic heterocycles.